The molecule has 0 spiro atoms. The number of benzene rings is 3. The summed E-state index contributed by atoms with van der Waals surface area (Å²) in [7, 11) is -2.76. The van der Waals surface area contributed by atoms with Gasteiger partial charge in [-0.25, -0.2) is 0 Å². The minimum Gasteiger partial charge on any atom is -0.397 e. The summed E-state index contributed by atoms with van der Waals surface area (Å²) in [5, 5.41) is 3.85. The standard InChI is InChI=1S/C30H34OSi/c1-3-16-25(2)30(26-17-8-4-9-18-26)31-32(27-19-10-5-11-20-27,28-21-12-6-13-22-28)29-23-14-7-15-24-29/h3,5-7,10-15,19-24,26,30H,1-2,4,8-9,16-18H2. The molecule has 1 nitrogen and oxygen atoms in total. The van der Waals surface area contributed by atoms with E-state index < -0.39 is 8.32 Å². The Morgan fingerprint density at radius 1 is 0.781 bits per heavy atom. The first-order chi connectivity index (χ1) is 15.8. The summed E-state index contributed by atoms with van der Waals surface area (Å²) in [6.45, 7) is 8.51. The molecule has 0 amide bonds. The summed E-state index contributed by atoms with van der Waals surface area (Å²) in [6.07, 6.45) is 9.11. The molecule has 164 valence electrons. The van der Waals surface area contributed by atoms with Crippen LogP contribution in [0.3, 0.4) is 0 Å². The Morgan fingerprint density at radius 3 is 1.62 bits per heavy atom. The second-order valence-electron chi connectivity index (χ2n) is 8.87. The molecular formula is C30H34OSi. The predicted octanol–water partition coefficient (Wildman–Crippen LogP) is 5.75. The van der Waals surface area contributed by atoms with Crippen molar-refractivity contribution in [2.24, 2.45) is 5.92 Å². The van der Waals surface area contributed by atoms with Crippen LogP contribution in [0.5, 0.6) is 0 Å². The van der Waals surface area contributed by atoms with E-state index in [1.807, 2.05) is 6.08 Å². The maximum atomic E-state index is 7.54. The fourth-order valence-corrected chi connectivity index (χ4v) is 9.30. The van der Waals surface area contributed by atoms with Crippen LogP contribution in [0.4, 0.5) is 0 Å². The van der Waals surface area contributed by atoms with Crippen molar-refractivity contribution in [3.8, 4) is 0 Å². The molecule has 1 unspecified atom stereocenters. The zero-order valence-electron chi connectivity index (χ0n) is 19.0. The quantitative estimate of drug-likeness (QED) is 0.235. The summed E-state index contributed by atoms with van der Waals surface area (Å²) in [5.74, 6) is 0.513. The van der Waals surface area contributed by atoms with Crippen molar-refractivity contribution in [1.29, 1.82) is 0 Å². The predicted molar refractivity (Wildman–Crippen MR) is 139 cm³/mol. The fraction of sp³-hybridized carbons (Fsp3) is 0.267. The van der Waals surface area contributed by atoms with Gasteiger partial charge in [0.15, 0.2) is 0 Å². The van der Waals surface area contributed by atoms with Gasteiger partial charge in [-0.3, -0.25) is 0 Å². The first-order valence-electron chi connectivity index (χ1n) is 11.9. The Balaban J connectivity index is 1.91. The van der Waals surface area contributed by atoms with Gasteiger partial charge in [0.2, 0.25) is 0 Å². The van der Waals surface area contributed by atoms with Crippen LogP contribution >= 0.6 is 0 Å². The lowest BCUT2D eigenvalue weighted by molar-refractivity contribution is 0.135. The first-order valence-corrected chi connectivity index (χ1v) is 13.8. The van der Waals surface area contributed by atoms with Gasteiger partial charge in [0.05, 0.1) is 6.10 Å². The largest absolute Gasteiger partial charge is 0.397 e. The van der Waals surface area contributed by atoms with Gasteiger partial charge in [-0.2, -0.15) is 0 Å². The molecule has 1 fully saturated rings. The van der Waals surface area contributed by atoms with Gasteiger partial charge in [-0.05, 0) is 46.3 Å². The fourth-order valence-electron chi connectivity index (χ4n) is 5.16. The molecule has 32 heavy (non-hydrogen) atoms. The number of hydrogen-bond acceptors (Lipinski definition) is 1. The lowest BCUT2D eigenvalue weighted by atomic mass is 9.82. The summed E-state index contributed by atoms with van der Waals surface area (Å²) in [6, 6.07) is 32.6. The average Bonchev–Trinajstić information content (AvgIpc) is 2.87. The molecular weight excluding hydrogens is 404 g/mol. The number of hydrogen-bond donors (Lipinski definition) is 0. The van der Waals surface area contributed by atoms with E-state index in [1.54, 1.807) is 0 Å². The van der Waals surface area contributed by atoms with Crippen molar-refractivity contribution >= 4 is 23.9 Å². The molecule has 1 aliphatic rings. The Labute approximate surface area is 194 Å². The monoisotopic (exact) mass is 438 g/mol. The molecule has 1 atom stereocenters. The molecule has 3 aromatic carbocycles. The van der Waals surface area contributed by atoms with E-state index in [1.165, 1.54) is 47.7 Å². The summed E-state index contributed by atoms with van der Waals surface area (Å²) in [4.78, 5) is 0. The molecule has 0 N–H and O–H groups in total. The van der Waals surface area contributed by atoms with E-state index in [9.17, 15) is 0 Å². The Kier molecular flexibility index (Phi) is 7.57. The Hall–Kier alpha value is -2.68. The molecule has 0 radical (unpaired) electrons. The minimum atomic E-state index is -2.76. The van der Waals surface area contributed by atoms with E-state index in [4.69, 9.17) is 4.43 Å². The molecule has 1 saturated carbocycles. The van der Waals surface area contributed by atoms with Crippen LogP contribution in [-0.4, -0.2) is 14.4 Å². The number of rotatable bonds is 9. The van der Waals surface area contributed by atoms with E-state index in [0.29, 0.717) is 5.92 Å². The van der Waals surface area contributed by atoms with E-state index in [0.717, 1.165) is 12.0 Å². The SMILES string of the molecule is C=CCC(=C)C(O[Si](c1ccccc1)(c1ccccc1)c1ccccc1)C1CCCCC1. The van der Waals surface area contributed by atoms with Crippen LogP contribution in [0.2, 0.25) is 0 Å². The first kappa shape index (κ1) is 22.5. The van der Waals surface area contributed by atoms with Crippen molar-refractivity contribution in [1.82, 2.24) is 0 Å². The molecule has 4 rings (SSSR count). The lowest BCUT2D eigenvalue weighted by Crippen LogP contribution is -2.71. The van der Waals surface area contributed by atoms with Gasteiger partial charge < -0.3 is 4.43 Å². The van der Waals surface area contributed by atoms with Gasteiger partial charge in [-0.15, -0.1) is 6.58 Å². The molecule has 3 aromatic rings. The van der Waals surface area contributed by atoms with Crippen LogP contribution in [-0.2, 0) is 4.43 Å². The van der Waals surface area contributed by atoms with Crippen molar-refractivity contribution in [2.75, 3.05) is 0 Å². The van der Waals surface area contributed by atoms with Crippen molar-refractivity contribution in [3.63, 3.8) is 0 Å². The maximum absolute atomic E-state index is 7.54. The van der Waals surface area contributed by atoms with Gasteiger partial charge in [-0.1, -0.05) is 123 Å². The van der Waals surface area contributed by atoms with Crippen LogP contribution in [0.15, 0.2) is 116 Å². The highest BCUT2D eigenvalue weighted by Gasteiger charge is 2.45. The molecule has 2 heteroatoms. The van der Waals surface area contributed by atoms with Gasteiger partial charge in [0, 0.05) is 0 Å². The highest BCUT2D eigenvalue weighted by molar-refractivity contribution is 7.07. The summed E-state index contributed by atoms with van der Waals surface area (Å²) in [5.41, 5.74) is 1.16. The number of allylic oxidation sites excluding steroid dienone is 1. The highest BCUT2D eigenvalue weighted by Crippen LogP contribution is 2.33. The molecule has 0 bridgehead atoms. The topological polar surface area (TPSA) is 9.23 Å². The van der Waals surface area contributed by atoms with Gasteiger partial charge >= 0.3 is 0 Å². The molecule has 0 aromatic heterocycles. The smallest absolute Gasteiger partial charge is 0.288 e. The van der Waals surface area contributed by atoms with Gasteiger partial charge in [0.25, 0.3) is 8.32 Å². The zero-order chi connectivity index (χ0) is 22.2. The Bertz CT molecular complexity index is 894. The van der Waals surface area contributed by atoms with Crippen LogP contribution in [0, 0.1) is 5.92 Å². The molecule has 0 saturated heterocycles. The lowest BCUT2D eigenvalue weighted by Gasteiger charge is -2.41. The van der Waals surface area contributed by atoms with Gasteiger partial charge in [0.1, 0.15) is 0 Å². The minimum absolute atomic E-state index is 0.0283. The van der Waals surface area contributed by atoms with Crippen molar-refractivity contribution in [2.45, 2.75) is 44.6 Å². The summed E-state index contributed by atoms with van der Waals surface area (Å²) < 4.78 is 7.54. The van der Waals surface area contributed by atoms with Crippen LogP contribution in [0.25, 0.3) is 0 Å². The molecule has 0 aliphatic heterocycles. The second-order valence-corrected chi connectivity index (χ2v) is 12.2. The van der Waals surface area contributed by atoms with Crippen LogP contribution < -0.4 is 15.6 Å². The normalized spacial score (nSPS) is 15.8. The third-order valence-corrected chi connectivity index (χ3v) is 10.8. The van der Waals surface area contributed by atoms with Crippen LogP contribution in [0.1, 0.15) is 38.5 Å². The summed E-state index contributed by atoms with van der Waals surface area (Å²) >= 11 is 0. The van der Waals surface area contributed by atoms with Crippen molar-refractivity contribution < 1.29 is 4.43 Å². The van der Waals surface area contributed by atoms with E-state index >= 15 is 0 Å². The molecule has 1 aliphatic carbocycles. The zero-order valence-corrected chi connectivity index (χ0v) is 20.0. The Morgan fingerprint density at radius 2 is 1.22 bits per heavy atom. The maximum Gasteiger partial charge on any atom is 0.288 e. The van der Waals surface area contributed by atoms with E-state index in [2.05, 4.69) is 104 Å². The average molecular weight is 439 g/mol. The van der Waals surface area contributed by atoms with E-state index in [-0.39, 0.29) is 6.10 Å². The third kappa shape index (κ3) is 4.72. The third-order valence-electron chi connectivity index (χ3n) is 6.73. The van der Waals surface area contributed by atoms with Crippen molar-refractivity contribution in [3.05, 3.63) is 116 Å². The second kappa shape index (κ2) is 10.8. The highest BCUT2D eigenvalue weighted by atomic mass is 28.4. The molecule has 0 heterocycles.